The van der Waals surface area contributed by atoms with E-state index in [-0.39, 0.29) is 0 Å². The van der Waals surface area contributed by atoms with E-state index in [1.165, 1.54) is 42.6 Å². The van der Waals surface area contributed by atoms with E-state index in [0.717, 1.165) is 30.9 Å². The predicted molar refractivity (Wildman–Crippen MR) is 122 cm³/mol. The molecule has 0 N–H and O–H groups in total. The summed E-state index contributed by atoms with van der Waals surface area (Å²) in [5, 5.41) is 0. The van der Waals surface area contributed by atoms with Crippen molar-refractivity contribution >= 4 is 11.6 Å². The fraction of sp³-hybridized carbons (Fsp3) is 0.259. The Hall–Kier alpha value is -2.84. The average Bonchev–Trinajstić information content (AvgIpc) is 3.29. The highest BCUT2D eigenvalue weighted by Crippen LogP contribution is 2.27. The predicted octanol–water partition coefficient (Wildman–Crippen LogP) is 5.94. The van der Waals surface area contributed by atoms with E-state index < -0.39 is 0 Å². The first kappa shape index (κ1) is 19.5. The van der Waals surface area contributed by atoms with Crippen LogP contribution in [0, 0.1) is 0 Å². The van der Waals surface area contributed by atoms with Crippen LogP contribution in [0.25, 0.3) is 11.6 Å². The first-order valence-corrected chi connectivity index (χ1v) is 10.6. The van der Waals surface area contributed by atoms with E-state index in [9.17, 15) is 0 Å². The molecule has 0 bridgehead atoms. The van der Waals surface area contributed by atoms with Gasteiger partial charge in [-0.1, -0.05) is 78.9 Å². The largest absolute Gasteiger partial charge is 0.492 e. The van der Waals surface area contributed by atoms with Crippen LogP contribution in [0.15, 0.2) is 84.9 Å². The number of hydrogen-bond acceptors (Lipinski definition) is 2. The molecular weight excluding hydrogens is 354 g/mol. The van der Waals surface area contributed by atoms with Gasteiger partial charge in [-0.25, -0.2) is 0 Å². The summed E-state index contributed by atoms with van der Waals surface area (Å²) in [6, 6.07) is 29.7. The molecule has 29 heavy (non-hydrogen) atoms. The van der Waals surface area contributed by atoms with Crippen molar-refractivity contribution in [1.82, 2.24) is 4.90 Å². The number of rotatable bonds is 8. The van der Waals surface area contributed by atoms with Gasteiger partial charge in [0.05, 0.1) is 0 Å². The Morgan fingerprint density at radius 2 is 1.45 bits per heavy atom. The molecule has 1 aliphatic rings. The Labute approximate surface area is 174 Å². The zero-order valence-electron chi connectivity index (χ0n) is 17.0. The van der Waals surface area contributed by atoms with Crippen LogP contribution in [0.3, 0.4) is 0 Å². The van der Waals surface area contributed by atoms with Gasteiger partial charge in [-0.05, 0) is 61.2 Å². The molecule has 0 atom stereocenters. The maximum absolute atomic E-state index is 6.20. The van der Waals surface area contributed by atoms with Gasteiger partial charge >= 0.3 is 0 Å². The zero-order chi connectivity index (χ0) is 19.7. The average molecular weight is 384 g/mol. The molecule has 1 fully saturated rings. The van der Waals surface area contributed by atoms with Gasteiger partial charge in [-0.15, -0.1) is 0 Å². The zero-order valence-corrected chi connectivity index (χ0v) is 17.0. The molecular formula is C27H29NO. The van der Waals surface area contributed by atoms with E-state index >= 15 is 0 Å². The minimum Gasteiger partial charge on any atom is -0.492 e. The van der Waals surface area contributed by atoms with Crippen molar-refractivity contribution in [3.63, 3.8) is 0 Å². The minimum atomic E-state index is 0.740. The fourth-order valence-electron chi connectivity index (χ4n) is 3.91. The van der Waals surface area contributed by atoms with E-state index in [1.54, 1.807) is 0 Å². The molecule has 1 saturated heterocycles. The van der Waals surface area contributed by atoms with Crippen molar-refractivity contribution < 1.29 is 4.74 Å². The second kappa shape index (κ2) is 10.1. The lowest BCUT2D eigenvalue weighted by molar-refractivity contribution is 0.237. The maximum atomic E-state index is 6.20. The van der Waals surface area contributed by atoms with Gasteiger partial charge in [-0.3, -0.25) is 4.90 Å². The fourth-order valence-corrected chi connectivity index (χ4v) is 3.91. The lowest BCUT2D eigenvalue weighted by Gasteiger charge is -2.16. The second-order valence-corrected chi connectivity index (χ2v) is 7.63. The molecule has 3 aromatic rings. The van der Waals surface area contributed by atoms with Gasteiger partial charge in [-0.2, -0.15) is 0 Å². The number of likely N-dealkylation sites (tertiary alicyclic amines) is 1. The molecule has 0 spiro atoms. The lowest BCUT2D eigenvalue weighted by Crippen LogP contribution is -2.25. The quantitative estimate of drug-likeness (QED) is 0.446. The van der Waals surface area contributed by atoms with Gasteiger partial charge in [0.2, 0.25) is 0 Å². The number of benzene rings is 3. The van der Waals surface area contributed by atoms with Crippen LogP contribution >= 0.6 is 0 Å². The summed E-state index contributed by atoms with van der Waals surface area (Å²) in [6.07, 6.45) is 5.82. The number of allylic oxidation sites excluding steroid dienone is 1. The van der Waals surface area contributed by atoms with Crippen LogP contribution < -0.4 is 4.74 Å². The van der Waals surface area contributed by atoms with Gasteiger partial charge < -0.3 is 4.74 Å². The number of ether oxygens (including phenoxy) is 1. The molecule has 0 unspecified atom stereocenters. The van der Waals surface area contributed by atoms with E-state index in [2.05, 4.69) is 95.9 Å². The molecule has 2 nitrogen and oxygen atoms in total. The Bertz CT molecular complexity index is 912. The molecule has 2 heteroatoms. The number of nitrogens with zero attached hydrogens (tertiary/aromatic N) is 1. The van der Waals surface area contributed by atoms with Crippen molar-refractivity contribution in [2.75, 3.05) is 26.2 Å². The van der Waals surface area contributed by atoms with Gasteiger partial charge in [0.15, 0.2) is 0 Å². The van der Waals surface area contributed by atoms with Gasteiger partial charge in [0, 0.05) is 12.1 Å². The summed E-state index contributed by atoms with van der Waals surface area (Å²) in [4.78, 5) is 2.49. The normalized spacial score (nSPS) is 14.8. The summed E-state index contributed by atoms with van der Waals surface area (Å²) in [6.45, 7) is 4.16. The molecule has 0 amide bonds. The third kappa shape index (κ3) is 5.58. The molecule has 148 valence electrons. The summed E-state index contributed by atoms with van der Waals surface area (Å²) >= 11 is 0. The van der Waals surface area contributed by atoms with Gasteiger partial charge in [0.1, 0.15) is 12.4 Å². The van der Waals surface area contributed by atoms with Crippen LogP contribution in [-0.4, -0.2) is 31.1 Å². The van der Waals surface area contributed by atoms with Crippen molar-refractivity contribution in [1.29, 1.82) is 0 Å². The Kier molecular flexibility index (Phi) is 6.77. The van der Waals surface area contributed by atoms with E-state index in [4.69, 9.17) is 4.74 Å². The molecule has 0 saturated carbocycles. The number of para-hydroxylation sites is 1. The second-order valence-electron chi connectivity index (χ2n) is 7.63. The molecule has 0 radical (unpaired) electrons. The minimum absolute atomic E-state index is 0.740. The van der Waals surface area contributed by atoms with Crippen LogP contribution in [0.4, 0.5) is 0 Å². The highest BCUT2D eigenvalue weighted by Gasteiger charge is 2.11. The highest BCUT2D eigenvalue weighted by atomic mass is 16.5. The Morgan fingerprint density at radius 3 is 2.21 bits per heavy atom. The summed E-state index contributed by atoms with van der Waals surface area (Å²) < 4.78 is 6.20. The van der Waals surface area contributed by atoms with Crippen LogP contribution in [-0.2, 0) is 6.42 Å². The lowest BCUT2D eigenvalue weighted by atomic mass is 9.96. The van der Waals surface area contributed by atoms with Crippen molar-refractivity contribution in [3.8, 4) is 5.75 Å². The first-order valence-electron chi connectivity index (χ1n) is 10.6. The van der Waals surface area contributed by atoms with Crippen LogP contribution in [0.2, 0.25) is 0 Å². The van der Waals surface area contributed by atoms with Crippen molar-refractivity contribution in [2.24, 2.45) is 0 Å². The smallest absolute Gasteiger partial charge is 0.126 e. The Morgan fingerprint density at radius 1 is 0.793 bits per heavy atom. The monoisotopic (exact) mass is 383 g/mol. The summed E-state index contributed by atoms with van der Waals surface area (Å²) in [5.41, 5.74) is 5.01. The first-order chi connectivity index (χ1) is 14.4. The third-order valence-electron chi connectivity index (χ3n) is 5.49. The third-order valence-corrected chi connectivity index (χ3v) is 5.49. The van der Waals surface area contributed by atoms with Crippen molar-refractivity contribution in [2.45, 2.75) is 19.3 Å². The van der Waals surface area contributed by atoms with Crippen LogP contribution in [0.1, 0.15) is 29.5 Å². The van der Waals surface area contributed by atoms with Crippen LogP contribution in [0.5, 0.6) is 5.75 Å². The van der Waals surface area contributed by atoms with E-state index in [0.29, 0.717) is 0 Å². The molecule has 1 heterocycles. The number of hydrogen-bond donors (Lipinski definition) is 0. The molecule has 0 aliphatic carbocycles. The highest BCUT2D eigenvalue weighted by molar-refractivity contribution is 5.84. The maximum Gasteiger partial charge on any atom is 0.126 e. The molecule has 1 aliphatic heterocycles. The molecule has 4 rings (SSSR count). The Balaban J connectivity index is 1.56. The topological polar surface area (TPSA) is 12.5 Å². The summed E-state index contributed by atoms with van der Waals surface area (Å²) in [5.74, 6) is 0.966. The van der Waals surface area contributed by atoms with E-state index in [1.807, 2.05) is 0 Å². The van der Waals surface area contributed by atoms with Crippen molar-refractivity contribution in [3.05, 3.63) is 102 Å². The SMILES string of the molecule is C(=C(/Cc1ccccc1)c1ccccc1)/c1ccccc1OCCN1CCCC1. The summed E-state index contributed by atoms with van der Waals surface area (Å²) in [7, 11) is 0. The standard InChI is InChI=1S/C27H29NO/c1-3-11-23(12-4-1)21-26(24-13-5-2-6-14-24)22-25-15-7-8-16-27(25)29-20-19-28-17-9-10-18-28/h1-8,11-16,22H,9-10,17-21H2/b26-22+. The molecule has 3 aromatic carbocycles. The molecule has 0 aromatic heterocycles. The van der Waals surface area contributed by atoms with Gasteiger partial charge in [0.25, 0.3) is 0 Å².